The summed E-state index contributed by atoms with van der Waals surface area (Å²) < 4.78 is 16.0. The van der Waals surface area contributed by atoms with Crippen molar-refractivity contribution >= 4 is 17.8 Å². The van der Waals surface area contributed by atoms with Crippen molar-refractivity contribution in [3.05, 3.63) is 88.9 Å². The number of nitrogens with zero attached hydrogens (tertiary/aromatic N) is 1. The molecular formula is C23H19NO6. The van der Waals surface area contributed by atoms with E-state index in [1.54, 1.807) is 12.1 Å². The van der Waals surface area contributed by atoms with E-state index in [9.17, 15) is 14.4 Å². The number of hydrogen-bond acceptors (Lipinski definition) is 6. The van der Waals surface area contributed by atoms with E-state index in [1.807, 2.05) is 31.2 Å². The first-order chi connectivity index (χ1) is 14.5. The molecule has 0 bridgehead atoms. The number of furan rings is 1. The quantitative estimate of drug-likeness (QED) is 0.339. The molecule has 30 heavy (non-hydrogen) atoms. The van der Waals surface area contributed by atoms with Crippen LogP contribution in [-0.4, -0.2) is 35.9 Å². The third-order valence-electron chi connectivity index (χ3n) is 4.68. The summed E-state index contributed by atoms with van der Waals surface area (Å²) in [5.74, 6) is -0.279. The molecule has 0 atom stereocenters. The molecule has 1 aliphatic heterocycles. The van der Waals surface area contributed by atoms with Crippen molar-refractivity contribution in [3.63, 3.8) is 0 Å². The van der Waals surface area contributed by atoms with Gasteiger partial charge in [-0.25, -0.2) is 4.79 Å². The summed E-state index contributed by atoms with van der Waals surface area (Å²) in [4.78, 5) is 38.6. The normalized spacial score (nSPS) is 12.8. The molecule has 7 heteroatoms. The molecule has 152 valence electrons. The van der Waals surface area contributed by atoms with Crippen LogP contribution >= 0.6 is 0 Å². The number of amides is 2. The Labute approximate surface area is 172 Å². The monoisotopic (exact) mass is 405 g/mol. The van der Waals surface area contributed by atoms with Crippen molar-refractivity contribution < 1.29 is 28.3 Å². The van der Waals surface area contributed by atoms with Crippen LogP contribution in [0.25, 0.3) is 0 Å². The number of benzene rings is 2. The predicted octanol–water partition coefficient (Wildman–Crippen LogP) is 3.62. The lowest BCUT2D eigenvalue weighted by Gasteiger charge is -2.11. The van der Waals surface area contributed by atoms with Gasteiger partial charge in [-0.3, -0.25) is 14.5 Å². The summed E-state index contributed by atoms with van der Waals surface area (Å²) in [5, 5.41) is 0. The lowest BCUT2D eigenvalue weighted by molar-refractivity contribution is 0.0450. The SMILES string of the molecule is Cc1cccc(OCCOC(=O)c2ccc3c(c2)C(=O)N(Cc2ccco2)C3=O)c1. The van der Waals surface area contributed by atoms with Crippen LogP contribution in [0.15, 0.2) is 65.3 Å². The molecule has 7 nitrogen and oxygen atoms in total. The van der Waals surface area contributed by atoms with Gasteiger partial charge in [-0.1, -0.05) is 12.1 Å². The smallest absolute Gasteiger partial charge is 0.338 e. The number of ether oxygens (including phenoxy) is 2. The summed E-state index contributed by atoms with van der Waals surface area (Å²) in [6.45, 7) is 2.26. The van der Waals surface area contributed by atoms with E-state index < -0.39 is 17.8 Å². The van der Waals surface area contributed by atoms with Crippen molar-refractivity contribution in [2.24, 2.45) is 0 Å². The second-order valence-corrected chi connectivity index (χ2v) is 6.84. The van der Waals surface area contributed by atoms with E-state index >= 15 is 0 Å². The second-order valence-electron chi connectivity index (χ2n) is 6.84. The highest BCUT2D eigenvalue weighted by atomic mass is 16.6. The molecule has 0 saturated carbocycles. The topological polar surface area (TPSA) is 86.1 Å². The number of fused-ring (bicyclic) bond motifs is 1. The Bertz CT molecular complexity index is 1100. The Balaban J connectivity index is 1.37. The summed E-state index contributed by atoms with van der Waals surface area (Å²) in [6, 6.07) is 15.3. The van der Waals surface area contributed by atoms with Gasteiger partial charge in [0.05, 0.1) is 29.5 Å². The van der Waals surface area contributed by atoms with Gasteiger partial charge in [0, 0.05) is 0 Å². The van der Waals surface area contributed by atoms with Crippen LogP contribution in [0.2, 0.25) is 0 Å². The molecule has 0 spiro atoms. The minimum absolute atomic E-state index is 0.0371. The maximum atomic E-state index is 12.6. The highest BCUT2D eigenvalue weighted by molar-refractivity contribution is 6.21. The van der Waals surface area contributed by atoms with Crippen LogP contribution in [-0.2, 0) is 11.3 Å². The first-order valence-electron chi connectivity index (χ1n) is 9.42. The van der Waals surface area contributed by atoms with Gasteiger partial charge in [0.1, 0.15) is 24.7 Å². The zero-order valence-corrected chi connectivity index (χ0v) is 16.3. The van der Waals surface area contributed by atoms with Crippen molar-refractivity contribution in [2.75, 3.05) is 13.2 Å². The Morgan fingerprint density at radius 2 is 1.80 bits per heavy atom. The fourth-order valence-corrected chi connectivity index (χ4v) is 3.20. The van der Waals surface area contributed by atoms with Gasteiger partial charge in [0.2, 0.25) is 0 Å². The van der Waals surface area contributed by atoms with Crippen LogP contribution in [0.3, 0.4) is 0 Å². The largest absolute Gasteiger partial charge is 0.490 e. The highest BCUT2D eigenvalue weighted by Gasteiger charge is 2.36. The van der Waals surface area contributed by atoms with Crippen LogP contribution in [0, 0.1) is 6.92 Å². The standard InChI is InChI=1S/C23H19NO6/c1-15-4-2-5-17(12-15)29-10-11-30-23(27)16-7-8-19-20(13-16)22(26)24(21(19)25)14-18-6-3-9-28-18/h2-9,12-13H,10-11,14H2,1H3. The number of imide groups is 1. The molecule has 0 aliphatic carbocycles. The van der Waals surface area contributed by atoms with Gasteiger partial charge in [-0.05, 0) is 55.0 Å². The first kappa shape index (κ1) is 19.4. The second kappa shape index (κ2) is 8.24. The zero-order chi connectivity index (χ0) is 21.1. The molecule has 2 amide bonds. The average molecular weight is 405 g/mol. The lowest BCUT2D eigenvalue weighted by atomic mass is 10.1. The molecule has 2 heterocycles. The highest BCUT2D eigenvalue weighted by Crippen LogP contribution is 2.26. The van der Waals surface area contributed by atoms with Crippen molar-refractivity contribution in [1.82, 2.24) is 4.90 Å². The molecule has 3 aromatic rings. The Hall–Kier alpha value is -3.87. The molecule has 0 fully saturated rings. The Morgan fingerprint density at radius 1 is 0.967 bits per heavy atom. The van der Waals surface area contributed by atoms with E-state index in [0.29, 0.717) is 11.5 Å². The van der Waals surface area contributed by atoms with Gasteiger partial charge < -0.3 is 13.9 Å². The summed E-state index contributed by atoms with van der Waals surface area (Å²) >= 11 is 0. The van der Waals surface area contributed by atoms with Crippen LogP contribution in [0.4, 0.5) is 0 Å². The summed E-state index contributed by atoms with van der Waals surface area (Å²) in [7, 11) is 0. The maximum Gasteiger partial charge on any atom is 0.338 e. The van der Waals surface area contributed by atoms with E-state index in [1.165, 1.54) is 24.5 Å². The first-order valence-corrected chi connectivity index (χ1v) is 9.42. The van der Waals surface area contributed by atoms with Gasteiger partial charge in [0.25, 0.3) is 11.8 Å². The Morgan fingerprint density at radius 3 is 2.57 bits per heavy atom. The molecule has 0 unspecified atom stereocenters. The van der Waals surface area contributed by atoms with Crippen LogP contribution in [0.5, 0.6) is 5.75 Å². The summed E-state index contributed by atoms with van der Waals surface area (Å²) in [6.07, 6.45) is 1.48. The minimum atomic E-state index is -0.588. The van der Waals surface area contributed by atoms with Crippen LogP contribution in [0.1, 0.15) is 42.4 Å². The zero-order valence-electron chi connectivity index (χ0n) is 16.3. The van der Waals surface area contributed by atoms with Crippen molar-refractivity contribution in [1.29, 1.82) is 0 Å². The van der Waals surface area contributed by atoms with Crippen LogP contribution < -0.4 is 4.74 Å². The Kier molecular flexibility index (Phi) is 5.34. The summed E-state index contributed by atoms with van der Waals surface area (Å²) in [5.41, 5.74) is 1.70. The molecule has 0 saturated heterocycles. The number of esters is 1. The van der Waals surface area contributed by atoms with Gasteiger partial charge in [-0.15, -0.1) is 0 Å². The molecule has 1 aliphatic rings. The molecular weight excluding hydrogens is 386 g/mol. The fraction of sp³-hybridized carbons (Fsp3) is 0.174. The number of rotatable bonds is 7. The number of carbonyl (C=O) groups excluding carboxylic acids is 3. The molecule has 0 radical (unpaired) electrons. The third kappa shape index (κ3) is 3.96. The number of carbonyl (C=O) groups is 3. The van der Waals surface area contributed by atoms with Gasteiger partial charge in [-0.2, -0.15) is 0 Å². The van der Waals surface area contributed by atoms with E-state index in [2.05, 4.69) is 0 Å². The third-order valence-corrected chi connectivity index (χ3v) is 4.68. The maximum absolute atomic E-state index is 12.6. The van der Waals surface area contributed by atoms with E-state index in [4.69, 9.17) is 13.9 Å². The predicted molar refractivity (Wildman–Crippen MR) is 106 cm³/mol. The van der Waals surface area contributed by atoms with E-state index in [-0.39, 0.29) is 36.4 Å². The van der Waals surface area contributed by atoms with E-state index in [0.717, 1.165) is 10.5 Å². The average Bonchev–Trinajstić information content (AvgIpc) is 3.34. The molecule has 4 rings (SSSR count). The number of aryl methyl sites for hydroxylation is 1. The van der Waals surface area contributed by atoms with Gasteiger partial charge >= 0.3 is 5.97 Å². The number of hydrogen-bond donors (Lipinski definition) is 0. The van der Waals surface area contributed by atoms with Crippen molar-refractivity contribution in [2.45, 2.75) is 13.5 Å². The van der Waals surface area contributed by atoms with Crippen molar-refractivity contribution in [3.8, 4) is 5.75 Å². The molecule has 1 aromatic heterocycles. The minimum Gasteiger partial charge on any atom is -0.490 e. The molecule has 0 N–H and O–H groups in total. The van der Waals surface area contributed by atoms with Gasteiger partial charge in [0.15, 0.2) is 0 Å². The lowest BCUT2D eigenvalue weighted by Crippen LogP contribution is -2.28. The fourth-order valence-electron chi connectivity index (χ4n) is 3.20. The molecule has 2 aromatic carbocycles.